The highest BCUT2D eigenvalue weighted by atomic mass is 15.3. The van der Waals surface area contributed by atoms with Crippen molar-refractivity contribution in [2.24, 2.45) is 18.0 Å². The highest BCUT2D eigenvalue weighted by molar-refractivity contribution is 5.80. The number of aromatic nitrogens is 2. The van der Waals surface area contributed by atoms with E-state index in [2.05, 4.69) is 38.5 Å². The first-order valence-electron chi connectivity index (χ1n) is 8.28. The Morgan fingerprint density at radius 3 is 2.82 bits per heavy atom. The first kappa shape index (κ1) is 15.3. The van der Waals surface area contributed by atoms with Gasteiger partial charge < -0.3 is 15.1 Å². The lowest BCUT2D eigenvalue weighted by Gasteiger charge is -2.23. The van der Waals surface area contributed by atoms with Crippen molar-refractivity contribution in [2.75, 3.05) is 46.8 Å². The smallest absolute Gasteiger partial charge is 0.193 e. The van der Waals surface area contributed by atoms with Crippen molar-refractivity contribution in [1.82, 2.24) is 24.9 Å². The van der Waals surface area contributed by atoms with Gasteiger partial charge in [0.25, 0.3) is 0 Å². The zero-order chi connectivity index (χ0) is 15.5. The van der Waals surface area contributed by atoms with E-state index in [4.69, 9.17) is 0 Å². The zero-order valence-corrected chi connectivity index (χ0v) is 14.0. The third-order valence-electron chi connectivity index (χ3n) is 4.93. The molecule has 0 aliphatic carbocycles. The maximum absolute atomic E-state index is 4.48. The van der Waals surface area contributed by atoms with Crippen molar-refractivity contribution in [2.45, 2.75) is 18.8 Å². The van der Waals surface area contributed by atoms with Gasteiger partial charge in [-0.15, -0.1) is 0 Å². The standard InChI is InChI=1S/C16H28N6/c1-17-16(18-8-13-4-6-20(2)10-13)22-7-5-14(12-22)15-9-19-21(3)11-15/h9,11,13-14H,4-8,10,12H2,1-3H3,(H,17,18). The minimum absolute atomic E-state index is 0.574. The molecular formula is C16H28N6. The van der Waals surface area contributed by atoms with Crippen LogP contribution >= 0.6 is 0 Å². The van der Waals surface area contributed by atoms with Crippen molar-refractivity contribution in [3.63, 3.8) is 0 Å². The summed E-state index contributed by atoms with van der Waals surface area (Å²) < 4.78 is 1.89. The van der Waals surface area contributed by atoms with E-state index >= 15 is 0 Å². The van der Waals surface area contributed by atoms with E-state index in [-0.39, 0.29) is 0 Å². The van der Waals surface area contributed by atoms with Gasteiger partial charge in [0.2, 0.25) is 0 Å². The second-order valence-electron chi connectivity index (χ2n) is 6.72. The van der Waals surface area contributed by atoms with Crippen molar-refractivity contribution < 1.29 is 0 Å². The van der Waals surface area contributed by atoms with Gasteiger partial charge in [0.05, 0.1) is 6.20 Å². The number of hydrogen-bond acceptors (Lipinski definition) is 3. The van der Waals surface area contributed by atoms with Gasteiger partial charge in [-0.25, -0.2) is 0 Å². The predicted molar refractivity (Wildman–Crippen MR) is 89.1 cm³/mol. The maximum atomic E-state index is 4.48. The third kappa shape index (κ3) is 3.43. The summed E-state index contributed by atoms with van der Waals surface area (Å²) in [5.74, 6) is 2.38. The van der Waals surface area contributed by atoms with Crippen LogP contribution in [0.15, 0.2) is 17.4 Å². The Morgan fingerprint density at radius 2 is 2.18 bits per heavy atom. The molecular weight excluding hydrogens is 276 g/mol. The average Bonchev–Trinajstić information content (AvgIpc) is 3.21. The summed E-state index contributed by atoms with van der Waals surface area (Å²) >= 11 is 0. The van der Waals surface area contributed by atoms with Crippen LogP contribution in [0.3, 0.4) is 0 Å². The summed E-state index contributed by atoms with van der Waals surface area (Å²) in [7, 11) is 6.07. The van der Waals surface area contributed by atoms with Crippen LogP contribution in [0.5, 0.6) is 0 Å². The monoisotopic (exact) mass is 304 g/mol. The molecule has 0 radical (unpaired) electrons. The Morgan fingerprint density at radius 1 is 1.32 bits per heavy atom. The van der Waals surface area contributed by atoms with Crippen LogP contribution in [-0.2, 0) is 7.05 Å². The van der Waals surface area contributed by atoms with Crippen LogP contribution in [0.4, 0.5) is 0 Å². The molecule has 1 aromatic rings. The maximum Gasteiger partial charge on any atom is 0.193 e. The van der Waals surface area contributed by atoms with Crippen LogP contribution in [-0.4, -0.2) is 72.4 Å². The minimum atomic E-state index is 0.574. The number of nitrogens with one attached hydrogen (secondary N) is 1. The molecule has 122 valence electrons. The van der Waals surface area contributed by atoms with Gasteiger partial charge in [-0.2, -0.15) is 5.10 Å². The normalized spacial score (nSPS) is 26.9. The van der Waals surface area contributed by atoms with Crippen molar-refractivity contribution in [3.8, 4) is 0 Å². The molecule has 22 heavy (non-hydrogen) atoms. The van der Waals surface area contributed by atoms with Crippen LogP contribution < -0.4 is 5.32 Å². The molecule has 6 heteroatoms. The zero-order valence-electron chi connectivity index (χ0n) is 14.0. The lowest BCUT2D eigenvalue weighted by atomic mass is 10.0. The van der Waals surface area contributed by atoms with Crippen LogP contribution in [0.2, 0.25) is 0 Å². The van der Waals surface area contributed by atoms with Crippen molar-refractivity contribution in [1.29, 1.82) is 0 Å². The molecule has 3 rings (SSSR count). The van der Waals surface area contributed by atoms with E-state index in [0.717, 1.165) is 31.5 Å². The molecule has 0 amide bonds. The van der Waals surface area contributed by atoms with Gasteiger partial charge in [0.1, 0.15) is 0 Å². The molecule has 2 fully saturated rings. The fourth-order valence-corrected chi connectivity index (χ4v) is 3.64. The molecule has 1 aromatic heterocycles. The van der Waals surface area contributed by atoms with Gasteiger partial charge in [0, 0.05) is 52.4 Å². The molecule has 2 atom stereocenters. The summed E-state index contributed by atoms with van der Waals surface area (Å²) in [6.07, 6.45) is 6.61. The number of rotatable bonds is 3. The molecule has 0 spiro atoms. The number of nitrogens with zero attached hydrogens (tertiary/aromatic N) is 5. The molecule has 0 aromatic carbocycles. The summed E-state index contributed by atoms with van der Waals surface area (Å²) in [5.41, 5.74) is 1.35. The predicted octanol–water partition coefficient (Wildman–Crippen LogP) is 0.737. The molecule has 2 aliphatic rings. The lowest BCUT2D eigenvalue weighted by molar-refractivity contribution is 0.391. The summed E-state index contributed by atoms with van der Waals surface area (Å²) in [5, 5.41) is 7.87. The largest absolute Gasteiger partial charge is 0.356 e. The molecule has 6 nitrogen and oxygen atoms in total. The van der Waals surface area contributed by atoms with Crippen LogP contribution in [0, 0.1) is 5.92 Å². The number of likely N-dealkylation sites (tertiary alicyclic amines) is 2. The van der Waals surface area contributed by atoms with Crippen molar-refractivity contribution >= 4 is 5.96 Å². The van der Waals surface area contributed by atoms with E-state index in [1.807, 2.05) is 25.0 Å². The quantitative estimate of drug-likeness (QED) is 0.661. The number of aryl methyl sites for hydroxylation is 1. The highest BCUT2D eigenvalue weighted by Gasteiger charge is 2.27. The summed E-state index contributed by atoms with van der Waals surface area (Å²) in [6, 6.07) is 0. The number of aliphatic imine (C=N–C) groups is 1. The van der Waals surface area contributed by atoms with Crippen LogP contribution in [0.1, 0.15) is 24.3 Å². The average molecular weight is 304 g/mol. The number of guanidine groups is 1. The highest BCUT2D eigenvalue weighted by Crippen LogP contribution is 2.26. The summed E-state index contributed by atoms with van der Waals surface area (Å²) in [4.78, 5) is 9.27. The molecule has 0 bridgehead atoms. The second kappa shape index (κ2) is 6.69. The van der Waals surface area contributed by atoms with Crippen molar-refractivity contribution in [3.05, 3.63) is 18.0 Å². The lowest BCUT2D eigenvalue weighted by Crippen LogP contribution is -2.42. The molecule has 3 heterocycles. The van der Waals surface area contributed by atoms with Crippen LogP contribution in [0.25, 0.3) is 0 Å². The first-order valence-corrected chi connectivity index (χ1v) is 8.28. The van der Waals surface area contributed by atoms with Gasteiger partial charge >= 0.3 is 0 Å². The summed E-state index contributed by atoms with van der Waals surface area (Å²) in [6.45, 7) is 5.56. The Bertz CT molecular complexity index is 522. The second-order valence-corrected chi connectivity index (χ2v) is 6.72. The minimum Gasteiger partial charge on any atom is -0.356 e. The molecule has 2 unspecified atom stereocenters. The van der Waals surface area contributed by atoms with E-state index in [9.17, 15) is 0 Å². The molecule has 2 aliphatic heterocycles. The Kier molecular flexibility index (Phi) is 4.66. The van der Waals surface area contributed by atoms with Gasteiger partial charge in [0.15, 0.2) is 5.96 Å². The fraction of sp³-hybridized carbons (Fsp3) is 0.750. The third-order valence-corrected chi connectivity index (χ3v) is 4.93. The Hall–Kier alpha value is -1.56. The topological polar surface area (TPSA) is 48.7 Å². The molecule has 0 saturated carbocycles. The first-order chi connectivity index (χ1) is 10.7. The van der Waals surface area contributed by atoms with E-state index in [1.165, 1.54) is 31.5 Å². The van der Waals surface area contributed by atoms with Gasteiger partial charge in [-0.05, 0) is 37.9 Å². The number of hydrogen-bond donors (Lipinski definition) is 1. The van der Waals surface area contributed by atoms with E-state index in [0.29, 0.717) is 5.92 Å². The van der Waals surface area contributed by atoms with Gasteiger partial charge in [-0.1, -0.05) is 0 Å². The van der Waals surface area contributed by atoms with E-state index < -0.39 is 0 Å². The molecule has 1 N–H and O–H groups in total. The van der Waals surface area contributed by atoms with E-state index in [1.54, 1.807) is 0 Å². The SMILES string of the molecule is CN=C(NCC1CCN(C)C1)N1CCC(c2cnn(C)c2)C1. The fourth-order valence-electron chi connectivity index (χ4n) is 3.64. The van der Waals surface area contributed by atoms with Gasteiger partial charge in [-0.3, -0.25) is 9.67 Å². The Labute approximate surface area is 133 Å². The Balaban J connectivity index is 1.52. The molecule has 2 saturated heterocycles.